The van der Waals surface area contributed by atoms with Gasteiger partial charge in [0.05, 0.1) is 4.90 Å². The van der Waals surface area contributed by atoms with Crippen LogP contribution < -0.4 is 5.32 Å². The number of anilines is 1. The molecule has 0 radical (unpaired) electrons. The first-order chi connectivity index (χ1) is 10.6. The Balaban J connectivity index is 2.47. The van der Waals surface area contributed by atoms with E-state index in [-0.39, 0.29) is 16.4 Å². The molecular weight excluding hydrogens is 318 g/mol. The zero-order chi connectivity index (χ0) is 17.4. The topological polar surface area (TPSA) is 97.2 Å². The summed E-state index contributed by atoms with van der Waals surface area (Å²) < 4.78 is 27.5. The van der Waals surface area contributed by atoms with Gasteiger partial charge in [-0.2, -0.15) is 0 Å². The number of hydrogen-bond acceptors (Lipinski definition) is 5. The normalized spacial score (nSPS) is 11.7. The smallest absolute Gasteiger partial charge is 0.258 e. The molecule has 0 aliphatic heterocycles. The Hall–Kier alpha value is -2.26. The molecule has 0 aliphatic carbocycles. The van der Waals surface area contributed by atoms with E-state index >= 15 is 0 Å². The van der Waals surface area contributed by atoms with Gasteiger partial charge in [0.15, 0.2) is 0 Å². The lowest BCUT2D eigenvalue weighted by Gasteiger charge is -2.16. The van der Waals surface area contributed by atoms with Gasteiger partial charge in [0.25, 0.3) is 5.91 Å². The Morgan fingerprint density at radius 3 is 2.43 bits per heavy atom. The molecule has 2 aromatic rings. The van der Waals surface area contributed by atoms with E-state index in [1.165, 1.54) is 26.5 Å². The van der Waals surface area contributed by atoms with Crippen LogP contribution in [0.1, 0.15) is 21.5 Å². The first-order valence-corrected chi connectivity index (χ1v) is 8.27. The van der Waals surface area contributed by atoms with Crippen molar-refractivity contribution in [1.82, 2.24) is 19.1 Å². The minimum atomic E-state index is -3.64. The summed E-state index contributed by atoms with van der Waals surface area (Å²) in [6.07, 6.45) is 1.46. The van der Waals surface area contributed by atoms with Crippen molar-refractivity contribution in [3.63, 3.8) is 0 Å². The molecule has 9 heteroatoms. The maximum Gasteiger partial charge on any atom is 0.258 e. The monoisotopic (exact) mass is 337 g/mol. The summed E-state index contributed by atoms with van der Waals surface area (Å²) >= 11 is 0. The molecule has 23 heavy (non-hydrogen) atoms. The van der Waals surface area contributed by atoms with Gasteiger partial charge >= 0.3 is 0 Å². The molecule has 1 aromatic heterocycles. The Morgan fingerprint density at radius 2 is 1.91 bits per heavy atom. The van der Waals surface area contributed by atoms with E-state index in [0.29, 0.717) is 5.56 Å². The highest BCUT2D eigenvalue weighted by Crippen LogP contribution is 2.23. The van der Waals surface area contributed by atoms with Gasteiger partial charge < -0.3 is 4.57 Å². The fraction of sp³-hybridized carbons (Fsp3) is 0.357. The first kappa shape index (κ1) is 17.1. The molecule has 2 rings (SSSR count). The van der Waals surface area contributed by atoms with Gasteiger partial charge in [-0.1, -0.05) is 0 Å². The largest absolute Gasteiger partial charge is 0.303 e. The van der Waals surface area contributed by atoms with Gasteiger partial charge in [-0.15, -0.1) is 10.2 Å². The molecule has 0 aliphatic rings. The highest BCUT2D eigenvalue weighted by atomic mass is 32.2. The SMILES string of the molecule is Cc1cc(C(=O)Nc2nncn2C)cc(S(=O)(=O)N(C)C)c1C. The molecule has 1 amide bonds. The number of rotatable bonds is 4. The third-order valence-electron chi connectivity index (χ3n) is 3.58. The number of nitrogens with zero attached hydrogens (tertiary/aromatic N) is 4. The molecule has 0 unspecified atom stereocenters. The highest BCUT2D eigenvalue weighted by molar-refractivity contribution is 7.89. The second-order valence-electron chi connectivity index (χ2n) is 5.42. The summed E-state index contributed by atoms with van der Waals surface area (Å²) in [7, 11) is 0.966. The highest BCUT2D eigenvalue weighted by Gasteiger charge is 2.23. The first-order valence-electron chi connectivity index (χ1n) is 6.83. The zero-order valence-corrected chi connectivity index (χ0v) is 14.5. The van der Waals surface area contributed by atoms with Crippen LogP contribution in [0.25, 0.3) is 0 Å². The lowest BCUT2D eigenvalue weighted by molar-refractivity contribution is 0.102. The van der Waals surface area contributed by atoms with Crippen LogP contribution in [0.5, 0.6) is 0 Å². The average molecular weight is 337 g/mol. The van der Waals surface area contributed by atoms with Crippen LogP contribution in [0.15, 0.2) is 23.4 Å². The summed E-state index contributed by atoms with van der Waals surface area (Å²) in [6, 6.07) is 3.03. The Bertz CT molecular complexity index is 855. The molecule has 0 fully saturated rings. The Morgan fingerprint density at radius 1 is 1.26 bits per heavy atom. The Kier molecular flexibility index (Phi) is 4.53. The van der Waals surface area contributed by atoms with Crippen molar-refractivity contribution < 1.29 is 13.2 Å². The fourth-order valence-electron chi connectivity index (χ4n) is 1.99. The number of nitrogens with one attached hydrogen (secondary N) is 1. The molecule has 0 atom stereocenters. The number of hydrogen-bond donors (Lipinski definition) is 1. The lowest BCUT2D eigenvalue weighted by atomic mass is 10.1. The predicted molar refractivity (Wildman–Crippen MR) is 85.7 cm³/mol. The second-order valence-corrected chi connectivity index (χ2v) is 7.54. The maximum atomic E-state index is 12.4. The van der Waals surface area contributed by atoms with Crippen LogP contribution in [0, 0.1) is 13.8 Å². The number of carbonyl (C=O) groups excluding carboxylic acids is 1. The van der Waals surface area contributed by atoms with Crippen LogP contribution >= 0.6 is 0 Å². The number of carbonyl (C=O) groups is 1. The minimum absolute atomic E-state index is 0.116. The van der Waals surface area contributed by atoms with Crippen molar-refractivity contribution in [2.75, 3.05) is 19.4 Å². The number of benzene rings is 1. The van der Waals surface area contributed by atoms with Gasteiger partial charge in [-0.05, 0) is 37.1 Å². The van der Waals surface area contributed by atoms with E-state index in [1.807, 2.05) is 0 Å². The van der Waals surface area contributed by atoms with E-state index in [2.05, 4.69) is 15.5 Å². The minimum Gasteiger partial charge on any atom is -0.303 e. The third-order valence-corrected chi connectivity index (χ3v) is 5.52. The third kappa shape index (κ3) is 3.25. The number of amides is 1. The fourth-order valence-corrected chi connectivity index (χ4v) is 3.21. The summed E-state index contributed by atoms with van der Waals surface area (Å²) in [5.41, 5.74) is 1.58. The van der Waals surface area contributed by atoms with Gasteiger partial charge in [0, 0.05) is 26.7 Å². The van der Waals surface area contributed by atoms with Crippen LogP contribution in [-0.2, 0) is 17.1 Å². The van der Waals surface area contributed by atoms with E-state index in [0.717, 1.165) is 9.87 Å². The van der Waals surface area contributed by atoms with Gasteiger partial charge in [0.1, 0.15) is 6.33 Å². The molecule has 0 spiro atoms. The van der Waals surface area contributed by atoms with Crippen molar-refractivity contribution in [2.24, 2.45) is 7.05 Å². The molecular formula is C14H19N5O3S. The molecule has 8 nitrogen and oxygen atoms in total. The quantitative estimate of drug-likeness (QED) is 0.895. The standard InChI is InChI=1S/C14H19N5O3S/c1-9-6-11(13(20)16-14-17-15-8-19(14)5)7-12(10(9)2)23(21,22)18(3)4/h6-8H,1-5H3,(H,16,17,20). The van der Waals surface area contributed by atoms with Crippen molar-refractivity contribution in [3.8, 4) is 0 Å². The number of sulfonamides is 1. The summed E-state index contributed by atoms with van der Waals surface area (Å²) in [6.45, 7) is 3.49. The predicted octanol–water partition coefficient (Wildman–Crippen LogP) is 0.935. The molecule has 0 bridgehead atoms. The molecule has 0 saturated heterocycles. The van der Waals surface area contributed by atoms with Crippen molar-refractivity contribution in [1.29, 1.82) is 0 Å². The van der Waals surface area contributed by atoms with Crippen molar-refractivity contribution in [3.05, 3.63) is 35.2 Å². The van der Waals surface area contributed by atoms with Crippen molar-refractivity contribution >= 4 is 21.9 Å². The van der Waals surface area contributed by atoms with Crippen LogP contribution in [0.4, 0.5) is 5.95 Å². The maximum absolute atomic E-state index is 12.4. The zero-order valence-electron chi connectivity index (χ0n) is 13.7. The second kappa shape index (κ2) is 6.09. The number of aryl methyl sites for hydroxylation is 2. The molecule has 1 heterocycles. The summed E-state index contributed by atoms with van der Waals surface area (Å²) in [4.78, 5) is 12.5. The van der Waals surface area contributed by atoms with Crippen LogP contribution in [-0.4, -0.2) is 47.5 Å². The molecule has 124 valence electrons. The van der Waals surface area contributed by atoms with Gasteiger partial charge in [-0.3, -0.25) is 10.1 Å². The van der Waals surface area contributed by atoms with Crippen LogP contribution in [0.2, 0.25) is 0 Å². The van der Waals surface area contributed by atoms with E-state index in [1.54, 1.807) is 31.5 Å². The van der Waals surface area contributed by atoms with Crippen LogP contribution in [0.3, 0.4) is 0 Å². The van der Waals surface area contributed by atoms with Crippen molar-refractivity contribution in [2.45, 2.75) is 18.7 Å². The lowest BCUT2D eigenvalue weighted by Crippen LogP contribution is -2.24. The summed E-state index contributed by atoms with van der Waals surface area (Å²) in [5, 5.41) is 10.1. The molecule has 1 aromatic carbocycles. The van der Waals surface area contributed by atoms with E-state index in [4.69, 9.17) is 0 Å². The van der Waals surface area contributed by atoms with Gasteiger partial charge in [-0.25, -0.2) is 12.7 Å². The molecule has 1 N–H and O–H groups in total. The average Bonchev–Trinajstić information content (AvgIpc) is 2.86. The van der Waals surface area contributed by atoms with E-state index < -0.39 is 15.9 Å². The van der Waals surface area contributed by atoms with Gasteiger partial charge in [0.2, 0.25) is 16.0 Å². The summed E-state index contributed by atoms with van der Waals surface area (Å²) in [5.74, 6) is -0.162. The Labute approximate surface area is 135 Å². The molecule has 0 saturated carbocycles. The van der Waals surface area contributed by atoms with E-state index in [9.17, 15) is 13.2 Å². The number of aromatic nitrogens is 3.